The predicted molar refractivity (Wildman–Crippen MR) is 52.4 cm³/mol. The third kappa shape index (κ3) is 7.63. The Morgan fingerprint density at radius 1 is 1.50 bits per heavy atom. The van der Waals surface area contributed by atoms with E-state index in [1.807, 2.05) is 6.61 Å². The molecule has 0 amide bonds. The molecule has 0 heterocycles. The highest BCUT2D eigenvalue weighted by Crippen LogP contribution is 2.06. The number of hydrogen-bond acceptors (Lipinski definition) is 1. The minimum absolute atomic E-state index is 0.417. The Morgan fingerprint density at radius 3 is 2.83 bits per heavy atom. The molecule has 0 aromatic carbocycles. The first-order chi connectivity index (χ1) is 5.81. The van der Waals surface area contributed by atoms with Crippen molar-refractivity contribution in [2.75, 3.05) is 6.61 Å². The van der Waals surface area contributed by atoms with Crippen molar-refractivity contribution >= 4 is 0 Å². The van der Waals surface area contributed by atoms with E-state index in [4.69, 9.17) is 11.2 Å². The van der Waals surface area contributed by atoms with Gasteiger partial charge in [-0.05, 0) is 25.7 Å². The van der Waals surface area contributed by atoms with Gasteiger partial charge in [0, 0.05) is 12.5 Å². The standard InChI is InChI=1S/C11H19O/c1-4-9-12-10-7-6-8-11(3)5-2/h2,9,11H,4,6-8,10H2,1,3H3. The Kier molecular flexibility index (Phi) is 8.27. The van der Waals surface area contributed by atoms with Crippen molar-refractivity contribution in [1.29, 1.82) is 0 Å². The van der Waals surface area contributed by atoms with Gasteiger partial charge in [0.05, 0.1) is 6.61 Å². The fourth-order valence-corrected chi connectivity index (χ4v) is 0.920. The highest BCUT2D eigenvalue weighted by atomic mass is 16.5. The minimum Gasteiger partial charge on any atom is -0.376 e. The fourth-order valence-electron chi connectivity index (χ4n) is 0.920. The molecule has 1 unspecified atom stereocenters. The Labute approximate surface area is 76.5 Å². The van der Waals surface area contributed by atoms with Crippen LogP contribution in [0.1, 0.15) is 39.5 Å². The normalized spacial score (nSPS) is 12.4. The van der Waals surface area contributed by atoms with Crippen LogP contribution in [-0.4, -0.2) is 6.61 Å². The summed E-state index contributed by atoms with van der Waals surface area (Å²) in [6.45, 7) is 6.84. The largest absolute Gasteiger partial charge is 0.376 e. The Hall–Kier alpha value is -0.480. The first-order valence-corrected chi connectivity index (χ1v) is 4.70. The highest BCUT2D eigenvalue weighted by Gasteiger charge is 1.95. The van der Waals surface area contributed by atoms with Crippen LogP contribution in [0, 0.1) is 24.9 Å². The van der Waals surface area contributed by atoms with Crippen molar-refractivity contribution in [2.45, 2.75) is 39.5 Å². The molecular formula is C11H19O. The number of terminal acetylenes is 1. The lowest BCUT2D eigenvalue weighted by molar-refractivity contribution is 0.187. The third-order valence-corrected chi connectivity index (χ3v) is 1.72. The number of ether oxygens (including phenoxy) is 1. The maximum absolute atomic E-state index is 5.25. The average molecular weight is 167 g/mol. The van der Waals surface area contributed by atoms with Gasteiger partial charge in [0.1, 0.15) is 0 Å². The fraction of sp³-hybridized carbons (Fsp3) is 0.727. The van der Waals surface area contributed by atoms with Crippen LogP contribution in [0.5, 0.6) is 0 Å². The zero-order valence-electron chi connectivity index (χ0n) is 8.18. The maximum Gasteiger partial charge on any atom is 0.0833 e. The van der Waals surface area contributed by atoms with E-state index in [0.29, 0.717) is 5.92 Å². The molecule has 0 aromatic heterocycles. The molecule has 0 rings (SSSR count). The molecule has 0 aliphatic heterocycles. The van der Waals surface area contributed by atoms with Crippen LogP contribution in [0.2, 0.25) is 0 Å². The van der Waals surface area contributed by atoms with E-state index in [0.717, 1.165) is 25.9 Å². The summed E-state index contributed by atoms with van der Waals surface area (Å²) in [6.07, 6.45) is 9.63. The second kappa shape index (κ2) is 8.62. The van der Waals surface area contributed by atoms with Crippen LogP contribution in [0.4, 0.5) is 0 Å². The summed E-state index contributed by atoms with van der Waals surface area (Å²) >= 11 is 0. The summed E-state index contributed by atoms with van der Waals surface area (Å²) in [4.78, 5) is 0. The van der Waals surface area contributed by atoms with Gasteiger partial charge >= 0.3 is 0 Å². The molecule has 1 radical (unpaired) electrons. The highest BCUT2D eigenvalue weighted by molar-refractivity contribution is 4.89. The van der Waals surface area contributed by atoms with E-state index >= 15 is 0 Å². The molecule has 1 nitrogen and oxygen atoms in total. The van der Waals surface area contributed by atoms with Crippen molar-refractivity contribution < 1.29 is 4.74 Å². The topological polar surface area (TPSA) is 9.23 Å². The molecular weight excluding hydrogens is 148 g/mol. The molecule has 12 heavy (non-hydrogen) atoms. The molecule has 0 N–H and O–H groups in total. The van der Waals surface area contributed by atoms with Crippen LogP contribution in [-0.2, 0) is 4.74 Å². The molecule has 0 aliphatic carbocycles. The van der Waals surface area contributed by atoms with E-state index in [9.17, 15) is 0 Å². The number of unbranched alkanes of at least 4 members (excludes halogenated alkanes) is 1. The summed E-state index contributed by atoms with van der Waals surface area (Å²) < 4.78 is 5.22. The molecule has 0 spiro atoms. The quantitative estimate of drug-likeness (QED) is 0.418. The summed E-state index contributed by atoms with van der Waals surface area (Å²) in [5, 5.41) is 0. The van der Waals surface area contributed by atoms with Gasteiger partial charge in [0.25, 0.3) is 0 Å². The van der Waals surface area contributed by atoms with Crippen LogP contribution >= 0.6 is 0 Å². The Balaban J connectivity index is 2.96. The van der Waals surface area contributed by atoms with Gasteiger partial charge in [-0.2, -0.15) is 0 Å². The van der Waals surface area contributed by atoms with Crippen molar-refractivity contribution in [3.8, 4) is 12.3 Å². The summed E-state index contributed by atoms with van der Waals surface area (Å²) in [7, 11) is 0. The van der Waals surface area contributed by atoms with Gasteiger partial charge in [-0.15, -0.1) is 12.3 Å². The molecule has 0 bridgehead atoms. The molecule has 0 aliphatic rings. The lowest BCUT2D eigenvalue weighted by atomic mass is 10.1. The molecule has 0 aromatic rings. The van der Waals surface area contributed by atoms with Gasteiger partial charge < -0.3 is 4.74 Å². The summed E-state index contributed by atoms with van der Waals surface area (Å²) in [6, 6.07) is 0. The molecule has 1 atom stereocenters. The van der Waals surface area contributed by atoms with Gasteiger partial charge in [-0.25, -0.2) is 0 Å². The average Bonchev–Trinajstić information content (AvgIpc) is 2.10. The van der Waals surface area contributed by atoms with E-state index in [1.165, 1.54) is 6.42 Å². The summed E-state index contributed by atoms with van der Waals surface area (Å²) in [5.41, 5.74) is 0. The lowest BCUT2D eigenvalue weighted by Gasteiger charge is -2.03. The predicted octanol–water partition coefficient (Wildman–Crippen LogP) is 3.01. The van der Waals surface area contributed by atoms with Crippen LogP contribution in [0.15, 0.2) is 0 Å². The van der Waals surface area contributed by atoms with Gasteiger partial charge in [0.15, 0.2) is 0 Å². The van der Waals surface area contributed by atoms with Crippen molar-refractivity contribution in [3.63, 3.8) is 0 Å². The molecule has 69 valence electrons. The van der Waals surface area contributed by atoms with E-state index in [2.05, 4.69) is 19.8 Å². The zero-order chi connectivity index (χ0) is 9.23. The lowest BCUT2D eigenvalue weighted by Crippen LogP contribution is -1.94. The van der Waals surface area contributed by atoms with E-state index < -0.39 is 0 Å². The Morgan fingerprint density at radius 2 is 2.25 bits per heavy atom. The molecule has 0 saturated heterocycles. The molecule has 0 fully saturated rings. The zero-order valence-corrected chi connectivity index (χ0v) is 8.18. The van der Waals surface area contributed by atoms with Gasteiger partial charge in [-0.3, -0.25) is 0 Å². The van der Waals surface area contributed by atoms with Crippen LogP contribution in [0.3, 0.4) is 0 Å². The number of rotatable bonds is 7. The van der Waals surface area contributed by atoms with Crippen LogP contribution in [0.25, 0.3) is 0 Å². The minimum atomic E-state index is 0.417. The Bertz CT molecular complexity index is 123. The van der Waals surface area contributed by atoms with Crippen molar-refractivity contribution in [3.05, 3.63) is 6.61 Å². The van der Waals surface area contributed by atoms with Gasteiger partial charge in [0.2, 0.25) is 0 Å². The van der Waals surface area contributed by atoms with Crippen molar-refractivity contribution in [2.24, 2.45) is 5.92 Å². The monoisotopic (exact) mass is 167 g/mol. The molecule has 1 heteroatoms. The number of hydrogen-bond donors (Lipinski definition) is 0. The smallest absolute Gasteiger partial charge is 0.0833 e. The second-order valence-electron chi connectivity index (χ2n) is 3.01. The van der Waals surface area contributed by atoms with E-state index in [-0.39, 0.29) is 0 Å². The molecule has 0 saturated carbocycles. The first-order valence-electron chi connectivity index (χ1n) is 4.70. The first kappa shape index (κ1) is 11.5. The van der Waals surface area contributed by atoms with Gasteiger partial charge in [-0.1, -0.05) is 13.8 Å². The SMILES string of the molecule is C#CC(C)CCCCO[CH]CC. The van der Waals surface area contributed by atoms with Crippen molar-refractivity contribution in [1.82, 2.24) is 0 Å². The van der Waals surface area contributed by atoms with Crippen LogP contribution < -0.4 is 0 Å². The third-order valence-electron chi connectivity index (χ3n) is 1.72. The summed E-state index contributed by atoms with van der Waals surface area (Å²) in [5.74, 6) is 3.14. The van der Waals surface area contributed by atoms with E-state index in [1.54, 1.807) is 0 Å². The maximum atomic E-state index is 5.25. The second-order valence-corrected chi connectivity index (χ2v) is 3.01.